The Balaban J connectivity index is 3.90. The predicted octanol–water partition coefficient (Wildman–Crippen LogP) is 1.22. The van der Waals surface area contributed by atoms with E-state index in [-0.39, 0.29) is 0 Å². The van der Waals surface area contributed by atoms with Gasteiger partial charge in [-0.2, -0.15) is 0 Å². The molecule has 0 fully saturated rings. The fraction of sp³-hybridized carbons (Fsp3) is 0.800. The van der Waals surface area contributed by atoms with Crippen LogP contribution >= 0.6 is 0 Å². The average molecular weight is 232 g/mol. The maximum Gasteiger partial charge on any atom is 0.590 e. The van der Waals surface area contributed by atoms with Gasteiger partial charge in [0.2, 0.25) is 0 Å². The van der Waals surface area contributed by atoms with Gasteiger partial charge in [-0.3, -0.25) is 0 Å². The highest BCUT2D eigenvalue weighted by Crippen LogP contribution is 2.04. The van der Waals surface area contributed by atoms with Crippen LogP contribution in [0.3, 0.4) is 0 Å². The number of methoxy groups -OCH3 is 1. The van der Waals surface area contributed by atoms with Gasteiger partial charge in [-0.1, -0.05) is 0 Å². The van der Waals surface area contributed by atoms with Crippen molar-refractivity contribution < 1.29 is 18.0 Å². The molecule has 5 heteroatoms. The number of rotatable bonds is 7. The third kappa shape index (κ3) is 5.92. The predicted molar refractivity (Wildman–Crippen MR) is 60.3 cm³/mol. The molecule has 0 aromatic heterocycles. The van der Waals surface area contributed by atoms with Gasteiger partial charge in [0.1, 0.15) is 0 Å². The summed E-state index contributed by atoms with van der Waals surface area (Å²) in [7, 11) is 3.68. The van der Waals surface area contributed by atoms with E-state index in [9.17, 15) is 0 Å². The second-order valence-corrected chi connectivity index (χ2v) is 5.51. The van der Waals surface area contributed by atoms with Crippen LogP contribution in [0.2, 0.25) is 0 Å². The molecule has 0 aliphatic rings. The van der Waals surface area contributed by atoms with Crippen LogP contribution in [0.15, 0.2) is 0 Å². The molecule has 4 nitrogen and oxygen atoms in total. The molecule has 0 atom stereocenters. The molecule has 0 bridgehead atoms. The lowest BCUT2D eigenvalue weighted by atomic mass is 10.2. The molecule has 0 aromatic rings. The minimum atomic E-state index is -2.68. The first kappa shape index (κ1) is 14.6. The van der Waals surface area contributed by atoms with Gasteiger partial charge < -0.3 is 18.0 Å². The Kier molecular flexibility index (Phi) is 8.66. The van der Waals surface area contributed by atoms with Crippen molar-refractivity contribution in [2.45, 2.75) is 19.3 Å². The summed E-state index contributed by atoms with van der Waals surface area (Å²) in [6, 6.07) is 0. The zero-order valence-corrected chi connectivity index (χ0v) is 11.0. The Morgan fingerprint density at radius 2 is 1.53 bits per heavy atom. The normalized spacial score (nSPS) is 10.9. The zero-order valence-electron chi connectivity index (χ0n) is 9.96. The first-order valence-corrected chi connectivity index (χ1v) is 6.61. The molecule has 0 amide bonds. The molecule has 0 saturated heterocycles. The van der Waals surface area contributed by atoms with Crippen molar-refractivity contribution in [1.82, 2.24) is 0 Å². The van der Waals surface area contributed by atoms with Crippen LogP contribution in [0.5, 0.6) is 0 Å². The molecule has 88 valence electrons. The fourth-order valence-corrected chi connectivity index (χ4v) is 2.18. The molecule has 15 heavy (non-hydrogen) atoms. The van der Waals surface area contributed by atoms with Crippen LogP contribution in [0.1, 0.15) is 19.3 Å². The third-order valence-electron chi connectivity index (χ3n) is 1.95. The topological polar surface area (TPSA) is 36.9 Å². The Bertz CT molecular complexity index is 197. The van der Waals surface area contributed by atoms with E-state index in [1.165, 1.54) is 0 Å². The summed E-state index contributed by atoms with van der Waals surface area (Å²) in [5.74, 6) is 3.02. The van der Waals surface area contributed by atoms with Gasteiger partial charge in [0.05, 0.1) is 0 Å². The van der Waals surface area contributed by atoms with E-state index in [1.54, 1.807) is 28.4 Å². The average Bonchev–Trinajstić information content (AvgIpc) is 2.29. The molecule has 0 radical (unpaired) electrons. The summed E-state index contributed by atoms with van der Waals surface area (Å²) in [5.41, 5.74) is 2.94. The Morgan fingerprint density at radius 1 is 0.933 bits per heavy atom. The molecule has 0 rings (SSSR count). The number of hydrogen-bond acceptors (Lipinski definition) is 4. The lowest BCUT2D eigenvalue weighted by Gasteiger charge is -2.17. The van der Waals surface area contributed by atoms with Crippen LogP contribution in [0.25, 0.3) is 0 Å². The van der Waals surface area contributed by atoms with E-state index in [0.717, 1.165) is 25.9 Å². The third-order valence-corrected chi connectivity index (χ3v) is 4.04. The van der Waals surface area contributed by atoms with Crippen molar-refractivity contribution in [1.29, 1.82) is 0 Å². The second kappa shape index (κ2) is 8.89. The molecule has 0 spiro atoms. The number of ether oxygens (including phenoxy) is 1. The van der Waals surface area contributed by atoms with Crippen LogP contribution in [0, 0.1) is 11.5 Å². The van der Waals surface area contributed by atoms with Crippen molar-refractivity contribution in [3.63, 3.8) is 0 Å². The SMILES string of the molecule is COCCCCC#C[Si](OC)(OC)OC. The largest absolute Gasteiger partial charge is 0.590 e. The summed E-state index contributed by atoms with van der Waals surface area (Å²) in [5, 5.41) is 0. The molecule has 0 unspecified atom stereocenters. The van der Waals surface area contributed by atoms with E-state index in [0.29, 0.717) is 0 Å². The molecule has 0 aromatic carbocycles. The molecule has 0 N–H and O–H groups in total. The van der Waals surface area contributed by atoms with Gasteiger partial charge in [0, 0.05) is 41.5 Å². The van der Waals surface area contributed by atoms with Crippen LogP contribution < -0.4 is 0 Å². The fourth-order valence-electron chi connectivity index (χ4n) is 1.03. The monoisotopic (exact) mass is 232 g/mol. The Labute approximate surface area is 93.2 Å². The Morgan fingerprint density at radius 3 is 2.00 bits per heavy atom. The van der Waals surface area contributed by atoms with E-state index >= 15 is 0 Å². The summed E-state index contributed by atoms with van der Waals surface area (Å²) >= 11 is 0. The molecular formula is C10H20O4Si. The molecular weight excluding hydrogens is 212 g/mol. The van der Waals surface area contributed by atoms with Crippen molar-refractivity contribution in [2.24, 2.45) is 0 Å². The second-order valence-electron chi connectivity index (χ2n) is 2.92. The smallest absolute Gasteiger partial charge is 0.385 e. The highest BCUT2D eigenvalue weighted by molar-refractivity contribution is 6.69. The van der Waals surface area contributed by atoms with E-state index in [2.05, 4.69) is 11.5 Å². The van der Waals surface area contributed by atoms with Gasteiger partial charge >= 0.3 is 8.80 Å². The van der Waals surface area contributed by atoms with Gasteiger partial charge in [0.25, 0.3) is 0 Å². The maximum atomic E-state index is 5.16. The summed E-state index contributed by atoms with van der Waals surface area (Å²) in [6.07, 6.45) is 2.85. The molecule has 0 saturated carbocycles. The number of unbranched alkanes of at least 4 members (excludes halogenated alkanes) is 2. The highest BCUT2D eigenvalue weighted by atomic mass is 28.4. The van der Waals surface area contributed by atoms with Crippen LogP contribution in [-0.4, -0.2) is 43.9 Å². The van der Waals surface area contributed by atoms with Crippen molar-refractivity contribution in [3.05, 3.63) is 0 Å². The minimum absolute atomic E-state index is 0.781. The van der Waals surface area contributed by atoms with Crippen molar-refractivity contribution in [3.8, 4) is 11.5 Å². The van der Waals surface area contributed by atoms with Crippen molar-refractivity contribution in [2.75, 3.05) is 35.0 Å². The molecule has 0 heterocycles. The summed E-state index contributed by atoms with van der Waals surface area (Å²) in [6.45, 7) is 0.781. The van der Waals surface area contributed by atoms with E-state index in [1.807, 2.05) is 0 Å². The van der Waals surface area contributed by atoms with Crippen LogP contribution in [-0.2, 0) is 18.0 Å². The molecule has 0 aliphatic heterocycles. The minimum Gasteiger partial charge on any atom is -0.385 e. The van der Waals surface area contributed by atoms with E-state index < -0.39 is 8.80 Å². The van der Waals surface area contributed by atoms with Gasteiger partial charge in [-0.15, -0.1) is 5.92 Å². The first-order chi connectivity index (χ1) is 7.24. The van der Waals surface area contributed by atoms with Gasteiger partial charge in [-0.05, 0) is 18.4 Å². The first-order valence-electron chi connectivity index (χ1n) is 4.89. The van der Waals surface area contributed by atoms with Crippen molar-refractivity contribution >= 4 is 8.80 Å². The lowest BCUT2D eigenvalue weighted by molar-refractivity contribution is 0.141. The summed E-state index contributed by atoms with van der Waals surface area (Å²) in [4.78, 5) is 0. The van der Waals surface area contributed by atoms with Gasteiger partial charge in [0.15, 0.2) is 0 Å². The quantitative estimate of drug-likeness (QED) is 0.376. The standard InChI is InChI=1S/C10H20O4Si/c1-11-9-7-5-6-8-10-15(12-2,13-3)14-4/h5-7,9H2,1-4H3. The maximum absolute atomic E-state index is 5.16. The molecule has 0 aliphatic carbocycles. The van der Waals surface area contributed by atoms with Gasteiger partial charge in [-0.25, -0.2) is 0 Å². The Hall–Kier alpha value is -0.383. The van der Waals surface area contributed by atoms with E-state index in [4.69, 9.17) is 18.0 Å². The zero-order chi connectivity index (χ0) is 11.6. The van der Waals surface area contributed by atoms with Crippen LogP contribution in [0.4, 0.5) is 0 Å². The summed E-state index contributed by atoms with van der Waals surface area (Å²) < 4.78 is 20.4. The lowest BCUT2D eigenvalue weighted by Crippen LogP contribution is -2.41. The highest BCUT2D eigenvalue weighted by Gasteiger charge is 2.36. The number of hydrogen-bond donors (Lipinski definition) is 0.